The van der Waals surface area contributed by atoms with Crippen LogP contribution in [0.15, 0.2) is 0 Å². The van der Waals surface area contributed by atoms with Crippen molar-refractivity contribution < 1.29 is 0 Å². The predicted octanol–water partition coefficient (Wildman–Crippen LogP) is 1.12. The van der Waals surface area contributed by atoms with E-state index in [1.54, 1.807) is 0 Å². The topological polar surface area (TPSA) is 58.7 Å². The van der Waals surface area contributed by atoms with Gasteiger partial charge in [-0.1, -0.05) is 0 Å². The number of hydrogen-bond acceptors (Lipinski definition) is 0. The van der Waals surface area contributed by atoms with Crippen molar-refractivity contribution in [3.63, 3.8) is 0 Å². The van der Waals surface area contributed by atoms with E-state index in [2.05, 4.69) is 12.8 Å². The summed E-state index contributed by atoms with van der Waals surface area (Å²) in [5, 5.41) is 0. The first-order valence-corrected chi connectivity index (χ1v) is 0.733. The van der Waals surface area contributed by atoms with Gasteiger partial charge in [0, 0.05) is 0 Å². The van der Waals surface area contributed by atoms with Crippen LogP contribution in [0.2, 0.25) is 0 Å². The minimum Gasteiger partial charge on any atom is -0.373 e. The maximum Gasteiger partial charge on any atom is -0.124 e. The Hall–Kier alpha value is -1.13. The Labute approximate surface area is 30.0 Å². The molecule has 0 N–H and O–H groups in total. The van der Waals surface area contributed by atoms with Crippen LogP contribution in [0, 0.1) is 12.8 Å². The molecule has 0 aliphatic carbocycles. The van der Waals surface area contributed by atoms with E-state index in [1.165, 1.54) is 4.91 Å². The maximum atomic E-state index is 6.75. The van der Waals surface area contributed by atoms with Gasteiger partial charge < -0.3 is 11.1 Å². The number of nitrogens with zero attached hydrogens (tertiary/aromatic N) is 3. The lowest BCUT2D eigenvalue weighted by Gasteiger charge is -1.31. The van der Waals surface area contributed by atoms with Crippen LogP contribution < -0.4 is 0 Å². The third-order valence-corrected chi connectivity index (χ3v) is 0. The average Bonchev–Trinajstić information content (AvgIpc) is 1.46. The summed E-state index contributed by atoms with van der Waals surface area (Å²) >= 11 is 0. The molecule has 5 heavy (non-hydrogen) atoms. The first-order chi connectivity index (χ1) is 2.41. The van der Waals surface area contributed by atoms with Gasteiger partial charge in [0.05, 0.1) is 0 Å². The van der Waals surface area contributed by atoms with Crippen LogP contribution in [0.25, 0.3) is 16.0 Å². The molecule has 0 radical (unpaired) electrons. The van der Waals surface area contributed by atoms with Gasteiger partial charge in [-0.3, -0.25) is 4.91 Å². The zero-order valence-corrected chi connectivity index (χ0v) is 2.50. The van der Waals surface area contributed by atoms with E-state index < -0.39 is 0 Å². The van der Waals surface area contributed by atoms with E-state index in [1.807, 2.05) is 0 Å². The van der Waals surface area contributed by atoms with Gasteiger partial charge in [-0.25, -0.2) is 0 Å². The Kier molecular flexibility index (Phi) is 1080. The van der Waals surface area contributed by atoms with Crippen LogP contribution in [0.1, 0.15) is 0 Å². The van der Waals surface area contributed by atoms with Crippen LogP contribution in [0.3, 0.4) is 0 Å². The third-order valence-electron chi connectivity index (χ3n) is 0. The van der Waals surface area contributed by atoms with Crippen LogP contribution in [0.5, 0.6) is 0 Å². The first kappa shape index (κ1) is 9.12. The van der Waals surface area contributed by atoms with Crippen molar-refractivity contribution in [2.45, 2.75) is 0 Å². The molecule has 26 valence electrons. The monoisotopic (exact) mass is 68.0 g/mol. The Morgan fingerprint density at radius 3 is 1.20 bits per heavy atom. The quantitative estimate of drug-likeness (QED) is 0.177. The van der Waals surface area contributed by atoms with Crippen molar-refractivity contribution in [3.05, 3.63) is 16.0 Å². The van der Waals surface area contributed by atoms with Crippen LogP contribution in [0.4, 0.5) is 0 Å². The second-order valence-corrected chi connectivity index (χ2v) is 0.0894. The van der Waals surface area contributed by atoms with Crippen LogP contribution in [-0.4, -0.2) is 0 Å². The smallest absolute Gasteiger partial charge is 0.124 e. The Morgan fingerprint density at radius 2 is 1.20 bits per heavy atom. The summed E-state index contributed by atoms with van der Waals surface area (Å²) in [6, 6.07) is 0. The van der Waals surface area contributed by atoms with Crippen molar-refractivity contribution in [2.24, 2.45) is 0 Å². The highest BCUT2D eigenvalue weighted by Gasteiger charge is 0.689. The molecule has 0 fully saturated rings. The van der Waals surface area contributed by atoms with Crippen molar-refractivity contribution in [2.75, 3.05) is 0 Å². The molecule has 0 aromatic rings. The van der Waals surface area contributed by atoms with Gasteiger partial charge in [0.15, 0.2) is 0 Å². The fraction of sp³-hybridized carbons (Fsp3) is 0. The Bertz CT molecular complexity index is 47.2. The molecule has 0 aromatic heterocycles. The summed E-state index contributed by atoms with van der Waals surface area (Å²) in [7, 11) is 0. The van der Waals surface area contributed by atoms with Crippen molar-refractivity contribution in [3.8, 4) is 12.8 Å². The zero-order chi connectivity index (χ0) is 4.71. The van der Waals surface area contributed by atoms with Crippen molar-refractivity contribution in [1.29, 1.82) is 0 Å². The normalized spacial score (nSPS) is 2.00. The molecule has 0 spiro atoms. The minimum atomic E-state index is 1.50. The minimum absolute atomic E-state index is 1.50. The van der Waals surface area contributed by atoms with Gasteiger partial charge in [-0.05, 0) is 0 Å². The zero-order valence-electron chi connectivity index (χ0n) is 2.50. The van der Waals surface area contributed by atoms with Gasteiger partial charge >= 0.3 is 0 Å². The molecule has 0 aliphatic rings. The molecular formula is C2H2N3-. The molecule has 0 unspecified atom stereocenters. The second kappa shape index (κ2) is 594. The second-order valence-electron chi connectivity index (χ2n) is 0.0894. The van der Waals surface area contributed by atoms with E-state index in [0.717, 1.165) is 0 Å². The van der Waals surface area contributed by atoms with Crippen LogP contribution in [-0.2, 0) is 0 Å². The summed E-state index contributed by atoms with van der Waals surface area (Å²) in [4.78, 5) is 1.50. The molecule has 0 aliphatic heterocycles. The molecule has 0 bridgehead atoms. The van der Waals surface area contributed by atoms with Crippen molar-refractivity contribution >= 4 is 0 Å². The first-order valence-electron chi connectivity index (χ1n) is 0.733. The Morgan fingerprint density at radius 1 is 1.20 bits per heavy atom. The largest absolute Gasteiger partial charge is 0.373 e. The van der Waals surface area contributed by atoms with E-state index in [9.17, 15) is 0 Å². The lowest BCUT2D eigenvalue weighted by atomic mass is 11.4. The molecule has 0 aromatic carbocycles. The molecule has 0 saturated carbocycles. The molecule has 0 amide bonds. The van der Waals surface area contributed by atoms with Gasteiger partial charge in [-0.2, -0.15) is 0 Å². The third kappa shape index (κ3) is 1.70. The molecule has 3 heteroatoms. The van der Waals surface area contributed by atoms with Gasteiger partial charge in [0.2, 0.25) is 0 Å². The summed E-state index contributed by atoms with van der Waals surface area (Å²) in [5.41, 5.74) is 13.5. The van der Waals surface area contributed by atoms with Crippen molar-refractivity contribution in [1.82, 2.24) is 0 Å². The van der Waals surface area contributed by atoms with Gasteiger partial charge in [0.1, 0.15) is 0 Å². The SMILES string of the molecule is C#C.[N-]=[N+]=[N-]. The lowest BCUT2D eigenvalue weighted by Crippen LogP contribution is -0.711. The average molecular weight is 68.1 g/mol. The molecule has 0 heterocycles. The molecule has 0 rings (SSSR count). The maximum absolute atomic E-state index is 6.75. The highest BCUT2D eigenvalue weighted by atomic mass is 15.0. The molecule has 3 nitrogen and oxygen atoms in total. The van der Waals surface area contributed by atoms with E-state index in [0.29, 0.717) is 0 Å². The summed E-state index contributed by atoms with van der Waals surface area (Å²) in [6.45, 7) is 0. The van der Waals surface area contributed by atoms with E-state index in [-0.39, 0.29) is 0 Å². The number of rotatable bonds is 0. The highest BCUT2D eigenvalue weighted by Crippen LogP contribution is 1.29. The summed E-state index contributed by atoms with van der Waals surface area (Å²) in [5.74, 6) is 0. The summed E-state index contributed by atoms with van der Waals surface area (Å²) in [6.07, 6.45) is 8.00. The molecule has 0 saturated heterocycles. The fourth-order valence-corrected chi connectivity index (χ4v) is 0. The lowest BCUT2D eigenvalue weighted by molar-refractivity contribution is 2.36. The molecular weight excluding hydrogens is 66.0 g/mol. The number of hydrogen-bond donors (Lipinski definition) is 0. The fourth-order valence-electron chi connectivity index (χ4n) is 0. The number of terminal acetylenes is 1. The predicted molar refractivity (Wildman–Crippen MR) is 20.0 cm³/mol. The Balaban J connectivity index is 0. The van der Waals surface area contributed by atoms with Gasteiger partial charge in [-0.15, -0.1) is 12.8 Å². The highest BCUT2D eigenvalue weighted by molar-refractivity contribution is 4.47. The van der Waals surface area contributed by atoms with E-state index >= 15 is 0 Å². The summed E-state index contributed by atoms with van der Waals surface area (Å²) < 4.78 is 0. The van der Waals surface area contributed by atoms with Gasteiger partial charge in [0.25, 0.3) is 0 Å². The van der Waals surface area contributed by atoms with E-state index in [4.69, 9.17) is 11.1 Å². The molecule has 0 atom stereocenters. The standard InChI is InChI=1S/C2H2.N3/c1-2;1-3-2/h1-2H;/q;-1. The van der Waals surface area contributed by atoms with Crippen LogP contribution >= 0.6 is 0 Å².